The third-order valence-electron chi connectivity index (χ3n) is 3.30. The van der Waals surface area contributed by atoms with Crippen LogP contribution in [0.3, 0.4) is 0 Å². The van der Waals surface area contributed by atoms with Gasteiger partial charge < -0.3 is 10.1 Å². The van der Waals surface area contributed by atoms with E-state index >= 15 is 0 Å². The van der Waals surface area contributed by atoms with Gasteiger partial charge in [0.2, 0.25) is 0 Å². The lowest BCUT2D eigenvalue weighted by Crippen LogP contribution is -2.19. The number of nitrogens with zero attached hydrogens (tertiary/aromatic N) is 1. The van der Waals surface area contributed by atoms with Crippen molar-refractivity contribution < 1.29 is 9.66 Å². The summed E-state index contributed by atoms with van der Waals surface area (Å²) >= 11 is 0. The molecule has 98 valence electrons. The number of benzene rings is 1. The van der Waals surface area contributed by atoms with Crippen molar-refractivity contribution >= 4 is 5.69 Å². The molecule has 1 fully saturated rings. The molecule has 0 bridgehead atoms. The zero-order valence-corrected chi connectivity index (χ0v) is 10.5. The SMILES string of the molecule is CNCc1ccc([N+](=O)[O-])c(OCC2CCC2)c1. The second-order valence-corrected chi connectivity index (χ2v) is 4.70. The highest BCUT2D eigenvalue weighted by Crippen LogP contribution is 2.31. The fraction of sp³-hybridized carbons (Fsp3) is 0.538. The minimum absolute atomic E-state index is 0.0502. The van der Waals surface area contributed by atoms with E-state index in [1.165, 1.54) is 25.3 Å². The van der Waals surface area contributed by atoms with Gasteiger partial charge in [0.25, 0.3) is 0 Å². The molecular weight excluding hydrogens is 232 g/mol. The van der Waals surface area contributed by atoms with E-state index < -0.39 is 0 Å². The molecule has 0 aromatic heterocycles. The van der Waals surface area contributed by atoms with Gasteiger partial charge in [0.15, 0.2) is 5.75 Å². The molecule has 0 amide bonds. The topological polar surface area (TPSA) is 64.4 Å². The molecule has 0 spiro atoms. The lowest BCUT2D eigenvalue weighted by Gasteiger charge is -2.25. The highest BCUT2D eigenvalue weighted by atomic mass is 16.6. The summed E-state index contributed by atoms with van der Waals surface area (Å²) in [5.41, 5.74) is 1.04. The predicted molar refractivity (Wildman–Crippen MR) is 68.7 cm³/mol. The predicted octanol–water partition coefficient (Wildman–Crippen LogP) is 2.49. The van der Waals surface area contributed by atoms with Crippen molar-refractivity contribution in [3.63, 3.8) is 0 Å². The van der Waals surface area contributed by atoms with Crippen LogP contribution in [0.25, 0.3) is 0 Å². The van der Waals surface area contributed by atoms with Gasteiger partial charge in [-0.1, -0.05) is 12.5 Å². The Bertz CT molecular complexity index is 430. The van der Waals surface area contributed by atoms with Crippen LogP contribution in [0.2, 0.25) is 0 Å². The van der Waals surface area contributed by atoms with Gasteiger partial charge in [-0.05, 0) is 37.4 Å². The lowest BCUT2D eigenvalue weighted by molar-refractivity contribution is -0.385. The summed E-state index contributed by atoms with van der Waals surface area (Å²) in [7, 11) is 1.84. The summed E-state index contributed by atoms with van der Waals surface area (Å²) in [5, 5.41) is 14.0. The highest BCUT2D eigenvalue weighted by molar-refractivity contribution is 5.48. The van der Waals surface area contributed by atoms with Crippen LogP contribution in [0.1, 0.15) is 24.8 Å². The lowest BCUT2D eigenvalue weighted by atomic mass is 9.86. The van der Waals surface area contributed by atoms with Crippen LogP contribution in [0.5, 0.6) is 5.75 Å². The average molecular weight is 250 g/mol. The standard InChI is InChI=1S/C13H18N2O3/c1-14-8-11-5-6-12(15(16)17)13(7-11)18-9-10-3-2-4-10/h5-7,10,14H,2-4,8-9H2,1H3. The first-order valence-electron chi connectivity index (χ1n) is 6.25. The summed E-state index contributed by atoms with van der Waals surface area (Å²) in [5.74, 6) is 0.956. The molecule has 1 N–H and O–H groups in total. The van der Waals surface area contributed by atoms with Crippen LogP contribution in [0.4, 0.5) is 5.69 Å². The first kappa shape index (κ1) is 12.8. The van der Waals surface area contributed by atoms with E-state index in [-0.39, 0.29) is 10.6 Å². The molecule has 1 aliphatic rings. The molecule has 1 aromatic carbocycles. The van der Waals surface area contributed by atoms with E-state index in [4.69, 9.17) is 4.74 Å². The van der Waals surface area contributed by atoms with Crippen LogP contribution in [-0.4, -0.2) is 18.6 Å². The van der Waals surface area contributed by atoms with E-state index in [0.717, 1.165) is 5.56 Å². The summed E-state index contributed by atoms with van der Waals surface area (Å²) < 4.78 is 5.62. The van der Waals surface area contributed by atoms with Crippen LogP contribution >= 0.6 is 0 Å². The normalized spacial score (nSPS) is 15.2. The third-order valence-corrected chi connectivity index (χ3v) is 3.30. The van der Waals surface area contributed by atoms with Gasteiger partial charge in [-0.25, -0.2) is 0 Å². The van der Waals surface area contributed by atoms with Crippen molar-refractivity contribution in [1.29, 1.82) is 0 Å². The number of nitrogens with one attached hydrogen (secondary N) is 1. The number of nitro benzene ring substituents is 1. The number of ether oxygens (including phenoxy) is 1. The van der Waals surface area contributed by atoms with Crippen molar-refractivity contribution in [3.8, 4) is 5.75 Å². The first-order valence-corrected chi connectivity index (χ1v) is 6.25. The first-order chi connectivity index (χ1) is 8.70. The van der Waals surface area contributed by atoms with E-state index in [1.54, 1.807) is 12.1 Å². The van der Waals surface area contributed by atoms with Crippen molar-refractivity contribution in [3.05, 3.63) is 33.9 Å². The molecule has 0 radical (unpaired) electrons. The fourth-order valence-electron chi connectivity index (χ4n) is 2.01. The Morgan fingerprint density at radius 2 is 2.28 bits per heavy atom. The van der Waals surface area contributed by atoms with Crippen molar-refractivity contribution in [1.82, 2.24) is 5.32 Å². The summed E-state index contributed by atoms with van der Waals surface area (Å²) in [4.78, 5) is 10.5. The largest absolute Gasteiger partial charge is 0.487 e. The number of hydrogen-bond acceptors (Lipinski definition) is 4. The maximum atomic E-state index is 10.9. The summed E-state index contributed by atoms with van der Waals surface area (Å²) in [6, 6.07) is 5.03. The molecule has 0 unspecified atom stereocenters. The molecule has 2 rings (SSSR count). The molecule has 1 saturated carbocycles. The van der Waals surface area contributed by atoms with E-state index in [9.17, 15) is 10.1 Å². The molecule has 0 saturated heterocycles. The molecule has 1 aliphatic carbocycles. The molecule has 0 heterocycles. The second-order valence-electron chi connectivity index (χ2n) is 4.70. The Morgan fingerprint density at radius 1 is 1.50 bits per heavy atom. The minimum Gasteiger partial charge on any atom is -0.487 e. The van der Waals surface area contributed by atoms with Gasteiger partial charge in [-0.3, -0.25) is 10.1 Å². The van der Waals surface area contributed by atoms with Gasteiger partial charge in [-0.2, -0.15) is 0 Å². The Kier molecular flexibility index (Phi) is 4.15. The van der Waals surface area contributed by atoms with Gasteiger partial charge in [-0.15, -0.1) is 0 Å². The smallest absolute Gasteiger partial charge is 0.310 e. The van der Waals surface area contributed by atoms with E-state index in [0.29, 0.717) is 24.8 Å². The Labute approximate surface area is 106 Å². The monoisotopic (exact) mass is 250 g/mol. The van der Waals surface area contributed by atoms with Gasteiger partial charge >= 0.3 is 5.69 Å². The van der Waals surface area contributed by atoms with Crippen LogP contribution in [0.15, 0.2) is 18.2 Å². The molecule has 18 heavy (non-hydrogen) atoms. The van der Waals surface area contributed by atoms with Crippen LogP contribution < -0.4 is 10.1 Å². The molecule has 5 nitrogen and oxygen atoms in total. The molecule has 0 atom stereocenters. The Balaban J connectivity index is 2.11. The molecule has 0 aliphatic heterocycles. The third kappa shape index (κ3) is 2.98. The van der Waals surface area contributed by atoms with Gasteiger partial charge in [0, 0.05) is 12.6 Å². The van der Waals surface area contributed by atoms with Crippen molar-refractivity contribution in [2.75, 3.05) is 13.7 Å². The molecular formula is C13H18N2O3. The van der Waals surface area contributed by atoms with Crippen LogP contribution in [-0.2, 0) is 6.54 Å². The van der Waals surface area contributed by atoms with Gasteiger partial charge in [0.1, 0.15) is 0 Å². The summed E-state index contributed by atoms with van der Waals surface area (Å²) in [6.07, 6.45) is 3.59. The number of nitro groups is 1. The van der Waals surface area contributed by atoms with Crippen molar-refractivity contribution in [2.45, 2.75) is 25.8 Å². The minimum atomic E-state index is -0.390. The van der Waals surface area contributed by atoms with E-state index in [2.05, 4.69) is 5.32 Å². The van der Waals surface area contributed by atoms with Gasteiger partial charge in [0.05, 0.1) is 11.5 Å². The fourth-order valence-corrected chi connectivity index (χ4v) is 2.01. The quantitative estimate of drug-likeness (QED) is 0.622. The second kappa shape index (κ2) is 5.82. The zero-order chi connectivity index (χ0) is 13.0. The van der Waals surface area contributed by atoms with Crippen molar-refractivity contribution in [2.24, 2.45) is 5.92 Å². The van der Waals surface area contributed by atoms with E-state index in [1.807, 2.05) is 7.05 Å². The zero-order valence-electron chi connectivity index (χ0n) is 10.5. The average Bonchev–Trinajstić information content (AvgIpc) is 2.27. The number of hydrogen-bond donors (Lipinski definition) is 1. The Morgan fingerprint density at radius 3 is 2.83 bits per heavy atom. The number of rotatable bonds is 6. The Hall–Kier alpha value is -1.62. The summed E-state index contributed by atoms with van der Waals surface area (Å²) in [6.45, 7) is 1.27. The maximum Gasteiger partial charge on any atom is 0.310 e. The maximum absolute atomic E-state index is 10.9. The highest BCUT2D eigenvalue weighted by Gasteiger charge is 2.21. The molecule has 5 heteroatoms. The molecule has 1 aromatic rings. The van der Waals surface area contributed by atoms with Crippen LogP contribution in [0, 0.1) is 16.0 Å².